The highest BCUT2D eigenvalue weighted by molar-refractivity contribution is 6.03. The van der Waals surface area contributed by atoms with Gasteiger partial charge < -0.3 is 9.47 Å². The summed E-state index contributed by atoms with van der Waals surface area (Å²) in [5.74, 6) is -0.721. The van der Waals surface area contributed by atoms with Crippen molar-refractivity contribution in [1.29, 1.82) is 0 Å². The Morgan fingerprint density at radius 2 is 1.72 bits per heavy atom. The van der Waals surface area contributed by atoms with E-state index in [1.54, 1.807) is 0 Å². The van der Waals surface area contributed by atoms with E-state index in [1.807, 2.05) is 19.9 Å². The van der Waals surface area contributed by atoms with Crippen LogP contribution in [-0.2, 0) is 23.9 Å². The summed E-state index contributed by atoms with van der Waals surface area (Å²) in [5, 5.41) is 0. The van der Waals surface area contributed by atoms with Crippen molar-refractivity contribution < 1.29 is 23.9 Å². The van der Waals surface area contributed by atoms with Crippen molar-refractivity contribution in [2.45, 2.75) is 79.4 Å². The largest absolute Gasteiger partial charge is 0.461 e. The van der Waals surface area contributed by atoms with E-state index in [0.717, 1.165) is 18.4 Å². The van der Waals surface area contributed by atoms with Gasteiger partial charge in [-0.1, -0.05) is 38.5 Å². The zero-order valence-corrected chi connectivity index (χ0v) is 18.7. The van der Waals surface area contributed by atoms with Gasteiger partial charge in [0.2, 0.25) is 5.78 Å². The van der Waals surface area contributed by atoms with Gasteiger partial charge in [0.15, 0.2) is 5.60 Å². The molecule has 6 atom stereocenters. The minimum atomic E-state index is -1.33. The molecular weight excluding hydrogens is 368 g/mol. The monoisotopic (exact) mass is 402 g/mol. The van der Waals surface area contributed by atoms with E-state index in [-0.39, 0.29) is 23.1 Å². The zero-order valence-electron chi connectivity index (χ0n) is 18.7. The SMILES string of the molecule is CC(=O)O[C@H]1[C@@H](C)C[C@]2(OC(C)=O)C(=O)/C(C)=C/[C@H]3[C@H](CC/C(C)=C/[C@@H]12)C3(C)C. The molecule has 5 nitrogen and oxygen atoms in total. The van der Waals surface area contributed by atoms with Crippen molar-refractivity contribution in [3.05, 3.63) is 23.3 Å². The zero-order chi connectivity index (χ0) is 21.7. The maximum absolute atomic E-state index is 13.8. The van der Waals surface area contributed by atoms with Crippen molar-refractivity contribution in [2.24, 2.45) is 29.1 Å². The molecule has 0 radical (unpaired) electrons. The molecule has 0 aromatic heterocycles. The highest BCUT2D eigenvalue weighted by atomic mass is 16.6. The number of rotatable bonds is 2. The van der Waals surface area contributed by atoms with Crippen LogP contribution in [0.3, 0.4) is 0 Å². The van der Waals surface area contributed by atoms with Crippen LogP contribution in [0, 0.1) is 29.1 Å². The van der Waals surface area contributed by atoms with Crippen LogP contribution in [0.5, 0.6) is 0 Å². The Kier molecular flexibility index (Phi) is 5.57. The fourth-order valence-electron chi connectivity index (χ4n) is 5.74. The van der Waals surface area contributed by atoms with Gasteiger partial charge in [-0.3, -0.25) is 14.4 Å². The van der Waals surface area contributed by atoms with E-state index in [0.29, 0.717) is 23.8 Å². The fourth-order valence-corrected chi connectivity index (χ4v) is 5.74. The van der Waals surface area contributed by atoms with E-state index in [2.05, 4.69) is 26.8 Å². The summed E-state index contributed by atoms with van der Waals surface area (Å²) >= 11 is 0. The van der Waals surface area contributed by atoms with Crippen LogP contribution in [0.25, 0.3) is 0 Å². The summed E-state index contributed by atoms with van der Waals surface area (Å²) in [6.07, 6.45) is 5.94. The number of Topliss-reactive ketones (excluding diaryl/α,β-unsaturated/α-hetero) is 1. The molecule has 5 heteroatoms. The summed E-state index contributed by atoms with van der Waals surface area (Å²) in [5.41, 5.74) is 0.636. The number of carbonyl (C=O) groups is 3. The molecule has 0 heterocycles. The van der Waals surface area contributed by atoms with Gasteiger partial charge in [0.25, 0.3) is 0 Å². The molecule has 3 aliphatic carbocycles. The summed E-state index contributed by atoms with van der Waals surface area (Å²) in [4.78, 5) is 37.6. The lowest BCUT2D eigenvalue weighted by Gasteiger charge is -2.34. The van der Waals surface area contributed by atoms with Gasteiger partial charge in [0.1, 0.15) is 6.10 Å². The Morgan fingerprint density at radius 1 is 1.07 bits per heavy atom. The van der Waals surface area contributed by atoms with Crippen molar-refractivity contribution in [3.63, 3.8) is 0 Å². The average molecular weight is 403 g/mol. The standard InChI is InChI=1S/C24H34O5/c1-13-8-9-18-19(23(18,6)7)11-14(2)22(27)24(29-17(5)26)12-15(3)21(20(24)10-13)28-16(4)25/h10-11,15,18-21H,8-9,12H2,1-7H3/b13-10+,14-11+/t15-,18-,19-,20-,21-,24+/m0/s1. The van der Waals surface area contributed by atoms with E-state index in [9.17, 15) is 14.4 Å². The van der Waals surface area contributed by atoms with Crippen LogP contribution in [-0.4, -0.2) is 29.4 Å². The Hall–Kier alpha value is -1.91. The number of ether oxygens (including phenoxy) is 2. The van der Waals surface area contributed by atoms with E-state index >= 15 is 0 Å². The molecule has 0 bridgehead atoms. The van der Waals surface area contributed by atoms with E-state index in [4.69, 9.17) is 9.47 Å². The Labute approximate surface area is 173 Å². The second-order valence-corrected chi connectivity index (χ2v) is 9.95. The van der Waals surface area contributed by atoms with Crippen molar-refractivity contribution in [2.75, 3.05) is 0 Å². The van der Waals surface area contributed by atoms with Gasteiger partial charge in [-0.25, -0.2) is 0 Å². The third-order valence-corrected chi connectivity index (χ3v) is 7.33. The van der Waals surface area contributed by atoms with Gasteiger partial charge in [-0.05, 0) is 55.4 Å². The number of ketones is 1. The maximum Gasteiger partial charge on any atom is 0.303 e. The first-order valence-corrected chi connectivity index (χ1v) is 10.7. The van der Waals surface area contributed by atoms with Gasteiger partial charge in [-0.2, -0.15) is 0 Å². The number of esters is 2. The van der Waals surface area contributed by atoms with Crippen molar-refractivity contribution in [1.82, 2.24) is 0 Å². The molecule has 160 valence electrons. The fraction of sp³-hybridized carbons (Fsp3) is 0.708. The molecule has 3 rings (SSSR count). The second kappa shape index (κ2) is 7.41. The molecule has 3 aliphatic rings. The first-order chi connectivity index (χ1) is 13.4. The normalized spacial score (nSPS) is 42.2. The van der Waals surface area contributed by atoms with Crippen LogP contribution in [0.15, 0.2) is 23.3 Å². The minimum absolute atomic E-state index is 0.0999. The Bertz CT molecular complexity index is 789. The summed E-state index contributed by atoms with van der Waals surface area (Å²) in [6.45, 7) is 13.1. The molecule has 0 unspecified atom stereocenters. The van der Waals surface area contributed by atoms with Gasteiger partial charge in [0, 0.05) is 20.3 Å². The Morgan fingerprint density at radius 3 is 2.31 bits per heavy atom. The van der Waals surface area contributed by atoms with Crippen molar-refractivity contribution in [3.8, 4) is 0 Å². The molecule has 0 aliphatic heterocycles. The lowest BCUT2D eigenvalue weighted by molar-refractivity contribution is -0.169. The van der Waals surface area contributed by atoms with Gasteiger partial charge in [-0.15, -0.1) is 0 Å². The number of fused-ring (bicyclic) bond motifs is 2. The summed E-state index contributed by atoms with van der Waals surface area (Å²) in [7, 11) is 0. The molecular formula is C24H34O5. The quantitative estimate of drug-likeness (QED) is 0.506. The minimum Gasteiger partial charge on any atom is -0.461 e. The van der Waals surface area contributed by atoms with E-state index < -0.39 is 23.6 Å². The van der Waals surface area contributed by atoms with Gasteiger partial charge in [0.05, 0.1) is 5.92 Å². The first-order valence-electron chi connectivity index (χ1n) is 10.7. The van der Waals surface area contributed by atoms with Crippen molar-refractivity contribution >= 4 is 17.7 Å². The topological polar surface area (TPSA) is 69.7 Å². The highest BCUT2D eigenvalue weighted by Crippen LogP contribution is 2.62. The number of hydrogen-bond acceptors (Lipinski definition) is 5. The Balaban J connectivity index is 2.13. The number of carbonyl (C=O) groups excluding carboxylic acids is 3. The molecule has 0 aromatic carbocycles. The van der Waals surface area contributed by atoms with Crippen LogP contribution in [0.1, 0.15) is 67.7 Å². The van der Waals surface area contributed by atoms with Crippen LogP contribution < -0.4 is 0 Å². The average Bonchev–Trinajstić information content (AvgIpc) is 3.01. The van der Waals surface area contributed by atoms with Crippen LogP contribution >= 0.6 is 0 Å². The van der Waals surface area contributed by atoms with Crippen LogP contribution in [0.2, 0.25) is 0 Å². The summed E-state index contributed by atoms with van der Waals surface area (Å²) in [6, 6.07) is 0. The maximum atomic E-state index is 13.8. The lowest BCUT2D eigenvalue weighted by atomic mass is 9.81. The van der Waals surface area contributed by atoms with Gasteiger partial charge >= 0.3 is 11.9 Å². The smallest absolute Gasteiger partial charge is 0.303 e. The number of hydrogen-bond donors (Lipinski definition) is 0. The lowest BCUT2D eigenvalue weighted by Crippen LogP contribution is -2.48. The molecule has 2 saturated carbocycles. The second-order valence-electron chi connectivity index (χ2n) is 9.95. The molecule has 2 fully saturated rings. The molecule has 0 saturated heterocycles. The predicted molar refractivity (Wildman–Crippen MR) is 110 cm³/mol. The van der Waals surface area contributed by atoms with Crippen LogP contribution in [0.4, 0.5) is 0 Å². The van der Waals surface area contributed by atoms with E-state index in [1.165, 1.54) is 13.8 Å². The molecule has 29 heavy (non-hydrogen) atoms. The third-order valence-electron chi connectivity index (χ3n) is 7.33. The highest BCUT2D eigenvalue weighted by Gasteiger charge is 2.61. The number of allylic oxidation sites excluding steroid dienone is 2. The molecule has 0 spiro atoms. The molecule has 0 amide bonds. The first kappa shape index (κ1) is 21.8. The summed E-state index contributed by atoms with van der Waals surface area (Å²) < 4.78 is 11.5. The molecule has 0 aromatic rings. The predicted octanol–water partition coefficient (Wildman–Crippen LogP) is 4.40. The third kappa shape index (κ3) is 3.80. The molecule has 0 N–H and O–H groups in total.